The summed E-state index contributed by atoms with van der Waals surface area (Å²) in [5.74, 6) is 0. The van der Waals surface area contributed by atoms with Crippen LogP contribution in [0.5, 0.6) is 0 Å². The van der Waals surface area contributed by atoms with Gasteiger partial charge in [0.1, 0.15) is 0 Å². The Hall–Kier alpha value is -2.08. The maximum absolute atomic E-state index is 10.3. The van der Waals surface area contributed by atoms with Crippen molar-refractivity contribution in [2.45, 2.75) is 6.92 Å². The molecule has 6 heteroatoms. The molecule has 0 aliphatic carbocycles. The third-order valence-electron chi connectivity index (χ3n) is 2.08. The highest BCUT2D eigenvalue weighted by molar-refractivity contribution is 7.15. The van der Waals surface area contributed by atoms with E-state index in [0.717, 1.165) is 15.4 Å². The highest BCUT2D eigenvalue weighted by atomic mass is 32.1. The van der Waals surface area contributed by atoms with Gasteiger partial charge >= 0.3 is 6.09 Å². The average Bonchev–Trinajstić information content (AvgIpc) is 2.74. The molecular weight excluding hydrogens is 238 g/mol. The van der Waals surface area contributed by atoms with Crippen molar-refractivity contribution in [1.29, 1.82) is 0 Å². The molecular formula is C11H11N3O2S. The van der Waals surface area contributed by atoms with E-state index < -0.39 is 6.09 Å². The van der Waals surface area contributed by atoms with Crippen LogP contribution in [-0.2, 0) is 0 Å². The summed E-state index contributed by atoms with van der Waals surface area (Å²) in [6, 6.07) is 7.46. The Balaban J connectivity index is 2.19. The van der Waals surface area contributed by atoms with E-state index in [1.54, 1.807) is 17.4 Å². The molecule has 3 N–H and O–H groups in total. The van der Waals surface area contributed by atoms with E-state index in [0.29, 0.717) is 5.69 Å². The van der Waals surface area contributed by atoms with Gasteiger partial charge in [0.15, 0.2) is 0 Å². The zero-order valence-electron chi connectivity index (χ0n) is 9.10. The predicted octanol–water partition coefficient (Wildman–Crippen LogP) is 2.71. The lowest BCUT2D eigenvalue weighted by atomic mass is 10.2. The summed E-state index contributed by atoms with van der Waals surface area (Å²) in [6.07, 6.45) is 0.688. The molecule has 0 fully saturated rings. The van der Waals surface area contributed by atoms with Crippen molar-refractivity contribution in [1.82, 2.24) is 10.4 Å². The molecule has 1 aromatic heterocycles. The minimum absolute atomic E-state index is 0.691. The number of nitrogens with zero attached hydrogens (tertiary/aromatic N) is 1. The molecule has 5 nitrogen and oxygen atoms in total. The van der Waals surface area contributed by atoms with Crippen LogP contribution < -0.4 is 10.9 Å². The maximum Gasteiger partial charge on any atom is 0.423 e. The molecule has 17 heavy (non-hydrogen) atoms. The molecule has 0 saturated carbocycles. The number of benzene rings is 1. The number of carbonyl (C=O) groups is 1. The lowest BCUT2D eigenvalue weighted by molar-refractivity contribution is 0.197. The number of aryl methyl sites for hydroxylation is 1. The first kappa shape index (κ1) is 11.4. The standard InChI is InChI=1S/C11H11N3O2S/c1-7-12-6-10(17-7)8-3-2-4-9(5-8)13-14-11(15)16/h2-6,13-14H,1H3,(H,15,16). The molecule has 1 aromatic carbocycles. The monoisotopic (exact) mass is 249 g/mol. The van der Waals surface area contributed by atoms with Crippen LogP contribution in [0.2, 0.25) is 0 Å². The highest BCUT2D eigenvalue weighted by Crippen LogP contribution is 2.27. The third-order valence-corrected chi connectivity index (χ3v) is 3.04. The number of nitrogens with one attached hydrogen (secondary N) is 2. The van der Waals surface area contributed by atoms with Gasteiger partial charge in [-0.1, -0.05) is 12.1 Å². The number of thiazole rings is 1. The summed E-state index contributed by atoms with van der Waals surface area (Å²) < 4.78 is 0. The molecule has 0 unspecified atom stereocenters. The quantitative estimate of drug-likeness (QED) is 0.731. The van der Waals surface area contributed by atoms with E-state index in [9.17, 15) is 4.79 Å². The summed E-state index contributed by atoms with van der Waals surface area (Å²) >= 11 is 1.60. The van der Waals surface area contributed by atoms with Gasteiger partial charge in [0.25, 0.3) is 0 Å². The lowest BCUT2D eigenvalue weighted by Crippen LogP contribution is -2.27. The number of aromatic nitrogens is 1. The zero-order chi connectivity index (χ0) is 12.3. The Labute approximate surface area is 102 Å². The minimum atomic E-state index is -1.12. The molecule has 0 atom stereocenters. The minimum Gasteiger partial charge on any atom is -0.464 e. The molecule has 0 aliphatic rings. The molecule has 1 amide bonds. The SMILES string of the molecule is Cc1ncc(-c2cccc(NNC(=O)O)c2)s1. The van der Waals surface area contributed by atoms with Gasteiger partial charge in [-0.05, 0) is 24.6 Å². The fraction of sp³-hybridized carbons (Fsp3) is 0.0909. The normalized spacial score (nSPS) is 9.94. The van der Waals surface area contributed by atoms with E-state index >= 15 is 0 Å². The smallest absolute Gasteiger partial charge is 0.423 e. The zero-order valence-corrected chi connectivity index (χ0v) is 9.91. The fourth-order valence-electron chi connectivity index (χ4n) is 1.37. The van der Waals surface area contributed by atoms with E-state index in [1.807, 2.05) is 31.3 Å². The molecule has 0 radical (unpaired) electrons. The van der Waals surface area contributed by atoms with Crippen molar-refractivity contribution in [3.05, 3.63) is 35.5 Å². The number of hydrogen-bond donors (Lipinski definition) is 3. The first-order chi connectivity index (χ1) is 8.15. The number of carboxylic acid groups (broad SMARTS) is 1. The Bertz CT molecular complexity index is 539. The van der Waals surface area contributed by atoms with Gasteiger partial charge < -0.3 is 5.11 Å². The van der Waals surface area contributed by atoms with Gasteiger partial charge in [0.2, 0.25) is 0 Å². The summed E-state index contributed by atoms with van der Waals surface area (Å²) in [5.41, 5.74) is 6.39. The number of amides is 1. The van der Waals surface area contributed by atoms with Crippen molar-refractivity contribution in [3.8, 4) is 10.4 Å². The first-order valence-corrected chi connectivity index (χ1v) is 5.74. The van der Waals surface area contributed by atoms with E-state index in [2.05, 4.69) is 15.8 Å². The Morgan fingerprint density at radius 3 is 2.94 bits per heavy atom. The van der Waals surface area contributed by atoms with E-state index in [-0.39, 0.29) is 0 Å². The van der Waals surface area contributed by atoms with Crippen LogP contribution in [0.15, 0.2) is 30.5 Å². The largest absolute Gasteiger partial charge is 0.464 e. The van der Waals surface area contributed by atoms with Crippen LogP contribution in [-0.4, -0.2) is 16.2 Å². The first-order valence-electron chi connectivity index (χ1n) is 4.93. The predicted molar refractivity (Wildman–Crippen MR) is 67.1 cm³/mol. The summed E-state index contributed by atoms with van der Waals surface area (Å²) in [4.78, 5) is 15.6. The topological polar surface area (TPSA) is 74.2 Å². The second-order valence-corrected chi connectivity index (χ2v) is 4.61. The van der Waals surface area contributed by atoms with Gasteiger partial charge in [-0.15, -0.1) is 11.3 Å². The summed E-state index contributed by atoms with van der Waals surface area (Å²) in [7, 11) is 0. The fourth-order valence-corrected chi connectivity index (χ4v) is 2.14. The molecule has 2 aromatic rings. The number of rotatable bonds is 3. The number of anilines is 1. The van der Waals surface area contributed by atoms with Crippen molar-refractivity contribution in [2.75, 3.05) is 5.43 Å². The second-order valence-electron chi connectivity index (χ2n) is 3.38. The number of hydrazine groups is 1. The molecule has 2 rings (SSSR count). The summed E-state index contributed by atoms with van der Waals surface area (Å²) in [6.45, 7) is 1.95. The van der Waals surface area contributed by atoms with Gasteiger partial charge in [-0.25, -0.2) is 15.2 Å². The van der Waals surface area contributed by atoms with Gasteiger partial charge in [0, 0.05) is 6.20 Å². The lowest BCUT2D eigenvalue weighted by Gasteiger charge is -2.06. The molecule has 1 heterocycles. The van der Waals surface area contributed by atoms with Gasteiger partial charge in [-0.2, -0.15) is 0 Å². The Morgan fingerprint density at radius 2 is 2.29 bits per heavy atom. The molecule has 0 bridgehead atoms. The maximum atomic E-state index is 10.3. The second kappa shape index (κ2) is 4.84. The van der Waals surface area contributed by atoms with E-state index in [4.69, 9.17) is 5.11 Å². The van der Waals surface area contributed by atoms with Crippen molar-refractivity contribution < 1.29 is 9.90 Å². The van der Waals surface area contributed by atoms with E-state index in [1.165, 1.54) is 0 Å². The molecule has 0 saturated heterocycles. The van der Waals surface area contributed by atoms with Crippen LogP contribution in [0.1, 0.15) is 5.01 Å². The van der Waals surface area contributed by atoms with Crippen LogP contribution >= 0.6 is 11.3 Å². The van der Waals surface area contributed by atoms with Crippen molar-refractivity contribution in [2.24, 2.45) is 0 Å². The Kier molecular flexibility index (Phi) is 3.24. The third kappa shape index (κ3) is 2.94. The van der Waals surface area contributed by atoms with Gasteiger partial charge in [-0.3, -0.25) is 5.43 Å². The Morgan fingerprint density at radius 1 is 1.47 bits per heavy atom. The molecule has 88 valence electrons. The van der Waals surface area contributed by atoms with Crippen molar-refractivity contribution in [3.63, 3.8) is 0 Å². The number of hydrogen-bond acceptors (Lipinski definition) is 4. The highest BCUT2D eigenvalue weighted by Gasteiger charge is 2.03. The van der Waals surface area contributed by atoms with Gasteiger partial charge in [0.05, 0.1) is 15.6 Å². The average molecular weight is 249 g/mol. The molecule has 0 aliphatic heterocycles. The van der Waals surface area contributed by atoms with Crippen LogP contribution in [0, 0.1) is 6.92 Å². The van der Waals surface area contributed by atoms with Crippen LogP contribution in [0.25, 0.3) is 10.4 Å². The summed E-state index contributed by atoms with van der Waals surface area (Å²) in [5, 5.41) is 9.48. The van der Waals surface area contributed by atoms with Crippen molar-refractivity contribution >= 4 is 23.1 Å². The van der Waals surface area contributed by atoms with Crippen LogP contribution in [0.4, 0.5) is 10.5 Å². The van der Waals surface area contributed by atoms with Crippen LogP contribution in [0.3, 0.4) is 0 Å². The molecule has 0 spiro atoms.